The van der Waals surface area contributed by atoms with E-state index in [0.717, 1.165) is 6.07 Å². The molecule has 0 fully saturated rings. The van der Waals surface area contributed by atoms with Crippen molar-refractivity contribution in [3.63, 3.8) is 0 Å². The summed E-state index contributed by atoms with van der Waals surface area (Å²) in [5.41, 5.74) is -1.03. The summed E-state index contributed by atoms with van der Waals surface area (Å²) in [4.78, 5) is 30.3. The second-order valence-corrected chi connectivity index (χ2v) is 7.02. The van der Waals surface area contributed by atoms with Gasteiger partial charge in [-0.2, -0.15) is 13.1 Å². The van der Waals surface area contributed by atoms with Crippen LogP contribution in [0, 0.1) is 5.82 Å². The molecule has 12 heteroatoms. The van der Waals surface area contributed by atoms with Crippen molar-refractivity contribution >= 4 is 21.3 Å². The quantitative estimate of drug-likeness (QED) is 0.295. The van der Waals surface area contributed by atoms with E-state index in [1.807, 2.05) is 4.72 Å². The zero-order valence-corrected chi connectivity index (χ0v) is 14.7. The molecule has 0 atom stereocenters. The molecule has 2 heterocycles. The molecule has 3 rings (SSSR count). The largest absolute Gasteiger partial charge is 0.333 e. The number of aromatic nitrogens is 4. The molecule has 0 amide bonds. The highest BCUT2D eigenvalue weighted by Crippen LogP contribution is 2.19. The Kier molecular flexibility index (Phi) is 5.21. The van der Waals surface area contributed by atoms with Gasteiger partial charge in [-0.1, -0.05) is 0 Å². The van der Waals surface area contributed by atoms with Crippen molar-refractivity contribution in [1.29, 1.82) is 0 Å². The van der Waals surface area contributed by atoms with E-state index in [-0.39, 0.29) is 24.3 Å². The standard InChI is InChI=1S/C15H16FN5O5S/c16-10-7-11-13(8-12(10)20-6-4-17-9-20)21(15(23)14(22)19-11)5-2-1-3-18-27(24,25)26/h4,6-9,18H,1-3,5H2,(H,19,22)(H,24,25,26). The van der Waals surface area contributed by atoms with E-state index >= 15 is 0 Å². The van der Waals surface area contributed by atoms with E-state index in [4.69, 9.17) is 4.55 Å². The lowest BCUT2D eigenvalue weighted by Gasteiger charge is -2.12. The first kappa shape index (κ1) is 18.9. The molecule has 0 radical (unpaired) electrons. The minimum absolute atomic E-state index is 0.0242. The van der Waals surface area contributed by atoms with Crippen LogP contribution in [0.1, 0.15) is 12.8 Å². The second kappa shape index (κ2) is 7.42. The predicted octanol–water partition coefficient (Wildman–Crippen LogP) is 0.187. The van der Waals surface area contributed by atoms with E-state index in [9.17, 15) is 22.4 Å². The zero-order valence-electron chi connectivity index (χ0n) is 13.9. The highest BCUT2D eigenvalue weighted by Gasteiger charge is 2.13. The molecular weight excluding hydrogens is 381 g/mol. The van der Waals surface area contributed by atoms with Crippen LogP contribution >= 0.6 is 0 Å². The van der Waals surface area contributed by atoms with Crippen LogP contribution in [0.2, 0.25) is 0 Å². The Bertz CT molecular complexity index is 1180. The van der Waals surface area contributed by atoms with Gasteiger partial charge in [0.25, 0.3) is 0 Å². The molecule has 0 spiro atoms. The van der Waals surface area contributed by atoms with Crippen molar-refractivity contribution < 1.29 is 17.4 Å². The highest BCUT2D eigenvalue weighted by molar-refractivity contribution is 7.83. The Hall–Kier alpha value is -2.83. The summed E-state index contributed by atoms with van der Waals surface area (Å²) in [6.07, 6.45) is 5.08. The molecule has 3 N–H and O–H groups in total. The van der Waals surface area contributed by atoms with Gasteiger partial charge in [0.05, 0.1) is 23.0 Å². The number of benzene rings is 1. The van der Waals surface area contributed by atoms with Gasteiger partial charge in [-0.3, -0.25) is 14.1 Å². The van der Waals surface area contributed by atoms with E-state index in [2.05, 4.69) is 9.97 Å². The van der Waals surface area contributed by atoms with Crippen molar-refractivity contribution in [1.82, 2.24) is 23.8 Å². The van der Waals surface area contributed by atoms with Gasteiger partial charge in [-0.05, 0) is 18.9 Å². The Labute approximate surface area is 152 Å². The summed E-state index contributed by atoms with van der Waals surface area (Å²) < 4.78 is 48.8. The monoisotopic (exact) mass is 397 g/mol. The van der Waals surface area contributed by atoms with Gasteiger partial charge >= 0.3 is 21.4 Å². The first-order chi connectivity index (χ1) is 12.8. The molecule has 0 unspecified atom stereocenters. The van der Waals surface area contributed by atoms with Gasteiger partial charge in [0, 0.05) is 31.5 Å². The minimum Gasteiger partial charge on any atom is -0.316 e. The molecule has 10 nitrogen and oxygen atoms in total. The summed E-state index contributed by atoms with van der Waals surface area (Å²) in [5, 5.41) is 0. The van der Waals surface area contributed by atoms with Crippen LogP contribution in [0.3, 0.4) is 0 Å². The van der Waals surface area contributed by atoms with Crippen LogP contribution in [0.5, 0.6) is 0 Å². The molecule has 3 aromatic rings. The molecule has 0 aliphatic carbocycles. The number of fused-ring (bicyclic) bond motifs is 1. The second-order valence-electron chi connectivity index (χ2n) is 5.78. The molecule has 0 bridgehead atoms. The number of imidazole rings is 1. The molecule has 0 aliphatic rings. The lowest BCUT2D eigenvalue weighted by atomic mass is 10.2. The molecule has 0 aliphatic heterocycles. The summed E-state index contributed by atoms with van der Waals surface area (Å²) in [7, 11) is -4.28. The summed E-state index contributed by atoms with van der Waals surface area (Å²) in [6.45, 7) is 0.0883. The number of nitrogens with zero attached hydrogens (tertiary/aromatic N) is 3. The molecule has 2 aromatic heterocycles. The van der Waals surface area contributed by atoms with Crippen molar-refractivity contribution in [3.05, 3.63) is 57.4 Å². The lowest BCUT2D eigenvalue weighted by molar-refractivity contribution is 0.464. The number of halogens is 1. The number of unbranched alkanes of at least 4 members (excludes halogenated alkanes) is 1. The van der Waals surface area contributed by atoms with Gasteiger partial charge in [0.15, 0.2) is 0 Å². The van der Waals surface area contributed by atoms with E-state index in [1.165, 1.54) is 27.7 Å². The number of hydrogen-bond acceptors (Lipinski definition) is 5. The van der Waals surface area contributed by atoms with Crippen LogP contribution in [0.25, 0.3) is 16.7 Å². The SMILES string of the molecule is O=c1[nH]c2cc(F)c(-n3ccnc3)cc2n(CCCCNS(=O)(=O)O)c1=O. The number of H-pyrrole nitrogens is 1. The van der Waals surface area contributed by atoms with Crippen LogP contribution in [-0.4, -0.2) is 38.6 Å². The number of aryl methyl sites for hydroxylation is 1. The van der Waals surface area contributed by atoms with E-state index in [0.29, 0.717) is 18.4 Å². The van der Waals surface area contributed by atoms with Crippen LogP contribution < -0.4 is 15.8 Å². The van der Waals surface area contributed by atoms with E-state index in [1.54, 1.807) is 6.20 Å². The number of nitrogens with one attached hydrogen (secondary N) is 2. The molecule has 144 valence electrons. The number of hydrogen-bond donors (Lipinski definition) is 3. The average molecular weight is 397 g/mol. The van der Waals surface area contributed by atoms with Crippen LogP contribution in [0.4, 0.5) is 4.39 Å². The van der Waals surface area contributed by atoms with Gasteiger partial charge in [-0.15, -0.1) is 0 Å². The highest BCUT2D eigenvalue weighted by atomic mass is 32.2. The maximum absolute atomic E-state index is 14.4. The molecule has 1 aromatic carbocycles. The maximum Gasteiger partial charge on any atom is 0.333 e. The fourth-order valence-electron chi connectivity index (χ4n) is 2.70. The molecule has 0 saturated carbocycles. The van der Waals surface area contributed by atoms with Crippen molar-refractivity contribution in [3.8, 4) is 5.69 Å². The summed E-state index contributed by atoms with van der Waals surface area (Å²) in [6, 6.07) is 2.56. The summed E-state index contributed by atoms with van der Waals surface area (Å²) >= 11 is 0. The minimum atomic E-state index is -4.28. The van der Waals surface area contributed by atoms with Crippen LogP contribution in [-0.2, 0) is 16.8 Å². The average Bonchev–Trinajstić information content (AvgIpc) is 3.10. The third-order valence-corrected chi connectivity index (χ3v) is 4.49. The Morgan fingerprint density at radius 2 is 2.04 bits per heavy atom. The first-order valence-electron chi connectivity index (χ1n) is 7.93. The molecule has 0 saturated heterocycles. The zero-order chi connectivity index (χ0) is 19.6. The van der Waals surface area contributed by atoms with Gasteiger partial charge in [-0.25, -0.2) is 9.37 Å². The van der Waals surface area contributed by atoms with Crippen LogP contribution in [0.15, 0.2) is 40.4 Å². The number of rotatable bonds is 7. The van der Waals surface area contributed by atoms with Crippen molar-refractivity contribution in [2.75, 3.05) is 6.54 Å². The molecular formula is C15H16FN5O5S. The Morgan fingerprint density at radius 1 is 1.26 bits per heavy atom. The Morgan fingerprint density at radius 3 is 2.70 bits per heavy atom. The first-order valence-corrected chi connectivity index (χ1v) is 9.37. The fraction of sp³-hybridized carbons (Fsp3) is 0.267. The van der Waals surface area contributed by atoms with E-state index < -0.39 is 27.2 Å². The third-order valence-electron chi connectivity index (χ3n) is 3.92. The molecule has 27 heavy (non-hydrogen) atoms. The summed E-state index contributed by atoms with van der Waals surface area (Å²) in [5.74, 6) is -0.598. The van der Waals surface area contributed by atoms with Crippen molar-refractivity contribution in [2.24, 2.45) is 0 Å². The third kappa shape index (κ3) is 4.30. The number of aromatic amines is 1. The maximum atomic E-state index is 14.4. The predicted molar refractivity (Wildman–Crippen MR) is 94.7 cm³/mol. The van der Waals surface area contributed by atoms with Gasteiger partial charge < -0.3 is 14.1 Å². The normalized spacial score (nSPS) is 11.9. The fourth-order valence-corrected chi connectivity index (χ4v) is 3.10. The van der Waals surface area contributed by atoms with Crippen molar-refractivity contribution in [2.45, 2.75) is 19.4 Å². The van der Waals surface area contributed by atoms with Gasteiger partial charge in [0.2, 0.25) is 0 Å². The Balaban J connectivity index is 1.95. The van der Waals surface area contributed by atoms with Gasteiger partial charge in [0.1, 0.15) is 5.82 Å². The smallest absolute Gasteiger partial charge is 0.316 e. The lowest BCUT2D eigenvalue weighted by Crippen LogP contribution is -2.36. The topological polar surface area (TPSA) is 139 Å².